The number of anilines is 1. The molecule has 3 heterocycles. The molecular weight excluding hydrogens is 360 g/mol. The zero-order chi connectivity index (χ0) is 17.2. The number of benzene rings is 1. The number of para-hydroxylation sites is 1. The molecule has 126 valence electrons. The summed E-state index contributed by atoms with van der Waals surface area (Å²) in [7, 11) is 0. The van der Waals surface area contributed by atoms with Gasteiger partial charge in [0, 0.05) is 10.9 Å². The fraction of sp³-hybridized carbons (Fsp3) is 0.118. The molecule has 0 unspecified atom stereocenters. The van der Waals surface area contributed by atoms with Crippen LogP contribution in [0.25, 0.3) is 10.6 Å². The Morgan fingerprint density at radius 3 is 3.04 bits per heavy atom. The lowest BCUT2D eigenvalue weighted by atomic mass is 10.1. The van der Waals surface area contributed by atoms with Crippen molar-refractivity contribution >= 4 is 39.7 Å². The van der Waals surface area contributed by atoms with Gasteiger partial charge in [-0.3, -0.25) is 14.9 Å². The lowest BCUT2D eigenvalue weighted by molar-refractivity contribution is -0.131. The van der Waals surface area contributed by atoms with Gasteiger partial charge in [-0.15, -0.1) is 22.7 Å². The van der Waals surface area contributed by atoms with Crippen LogP contribution in [0.1, 0.15) is 5.56 Å². The van der Waals surface area contributed by atoms with Crippen LogP contribution < -0.4 is 14.8 Å². The third-order valence-electron chi connectivity index (χ3n) is 3.49. The highest BCUT2D eigenvalue weighted by atomic mass is 32.1. The van der Waals surface area contributed by atoms with E-state index in [9.17, 15) is 9.59 Å². The molecule has 6 nitrogen and oxygen atoms in total. The number of nitrogens with zero attached hydrogens (tertiary/aromatic N) is 1. The first-order chi connectivity index (χ1) is 12.2. The molecule has 0 aliphatic carbocycles. The van der Waals surface area contributed by atoms with Gasteiger partial charge in [-0.1, -0.05) is 18.2 Å². The molecule has 1 N–H and O–H groups in total. The molecule has 25 heavy (non-hydrogen) atoms. The van der Waals surface area contributed by atoms with Crippen molar-refractivity contribution in [3.05, 3.63) is 46.7 Å². The highest BCUT2D eigenvalue weighted by Crippen LogP contribution is 2.36. The van der Waals surface area contributed by atoms with Crippen LogP contribution >= 0.6 is 22.7 Å². The number of hydrogen-bond donors (Lipinski definition) is 1. The van der Waals surface area contributed by atoms with Crippen molar-refractivity contribution in [1.82, 2.24) is 4.98 Å². The summed E-state index contributed by atoms with van der Waals surface area (Å²) in [4.78, 5) is 28.9. The maximum atomic E-state index is 12.1. The van der Waals surface area contributed by atoms with Gasteiger partial charge in [-0.05, 0) is 17.5 Å². The molecule has 4 rings (SSSR count). The van der Waals surface area contributed by atoms with Gasteiger partial charge in [0.15, 0.2) is 23.2 Å². The van der Waals surface area contributed by atoms with Gasteiger partial charge in [0.05, 0.1) is 17.0 Å². The molecule has 0 saturated carbocycles. The van der Waals surface area contributed by atoms with Crippen molar-refractivity contribution in [3.8, 4) is 22.1 Å². The van der Waals surface area contributed by atoms with E-state index in [0.717, 1.165) is 16.1 Å². The molecule has 0 atom stereocenters. The second kappa shape index (κ2) is 6.66. The minimum Gasteiger partial charge on any atom is -0.480 e. The molecule has 1 amide bonds. The van der Waals surface area contributed by atoms with E-state index in [-0.39, 0.29) is 24.9 Å². The maximum Gasteiger partial charge on any atom is 0.315 e. The third-order valence-corrected chi connectivity index (χ3v) is 5.14. The SMILES string of the molecule is O=C(COc1cccc2c1OC(=O)C2)Nc1nc(-c2cccs2)cs1. The highest BCUT2D eigenvalue weighted by molar-refractivity contribution is 7.16. The van der Waals surface area contributed by atoms with Crippen LogP contribution in [0.5, 0.6) is 11.5 Å². The molecule has 8 heteroatoms. The van der Waals surface area contributed by atoms with Crippen molar-refractivity contribution in [3.63, 3.8) is 0 Å². The first-order valence-corrected chi connectivity index (χ1v) is 9.19. The summed E-state index contributed by atoms with van der Waals surface area (Å²) in [6, 6.07) is 9.17. The van der Waals surface area contributed by atoms with E-state index < -0.39 is 0 Å². The Morgan fingerprint density at radius 2 is 2.20 bits per heavy atom. The zero-order valence-corrected chi connectivity index (χ0v) is 14.5. The number of ether oxygens (including phenoxy) is 2. The van der Waals surface area contributed by atoms with E-state index >= 15 is 0 Å². The van der Waals surface area contributed by atoms with E-state index in [1.165, 1.54) is 11.3 Å². The summed E-state index contributed by atoms with van der Waals surface area (Å²) in [6.45, 7) is -0.193. The lowest BCUT2D eigenvalue weighted by Crippen LogP contribution is -2.20. The van der Waals surface area contributed by atoms with Crippen LogP contribution in [-0.4, -0.2) is 23.5 Å². The molecule has 0 saturated heterocycles. The predicted molar refractivity (Wildman–Crippen MR) is 95.3 cm³/mol. The number of amides is 1. The first kappa shape index (κ1) is 15.8. The molecule has 2 aromatic heterocycles. The molecule has 1 aliphatic rings. The predicted octanol–water partition coefficient (Wildman–Crippen LogP) is 3.35. The van der Waals surface area contributed by atoms with Crippen molar-refractivity contribution < 1.29 is 19.1 Å². The van der Waals surface area contributed by atoms with Crippen molar-refractivity contribution in [2.24, 2.45) is 0 Å². The Bertz CT molecular complexity index is 934. The number of aromatic nitrogens is 1. The number of carbonyl (C=O) groups excluding carboxylic acids is 2. The monoisotopic (exact) mass is 372 g/mol. The van der Waals surface area contributed by atoms with Crippen molar-refractivity contribution in [2.75, 3.05) is 11.9 Å². The van der Waals surface area contributed by atoms with Crippen LogP contribution in [0.3, 0.4) is 0 Å². The van der Waals surface area contributed by atoms with Gasteiger partial charge in [0.2, 0.25) is 0 Å². The van der Waals surface area contributed by atoms with Crippen molar-refractivity contribution in [1.29, 1.82) is 0 Å². The van der Waals surface area contributed by atoms with Crippen LogP contribution in [0, 0.1) is 0 Å². The first-order valence-electron chi connectivity index (χ1n) is 7.43. The summed E-state index contributed by atoms with van der Waals surface area (Å²) < 4.78 is 10.6. The molecule has 0 bridgehead atoms. The highest BCUT2D eigenvalue weighted by Gasteiger charge is 2.24. The van der Waals surface area contributed by atoms with Gasteiger partial charge in [-0.2, -0.15) is 0 Å². The molecule has 1 aliphatic heterocycles. The third kappa shape index (κ3) is 3.40. The van der Waals surface area contributed by atoms with Gasteiger partial charge >= 0.3 is 5.97 Å². The average molecular weight is 372 g/mol. The second-order valence-corrected chi connectivity index (χ2v) is 7.05. The molecular formula is C17H12N2O4S2. The maximum absolute atomic E-state index is 12.1. The van der Waals surface area contributed by atoms with E-state index in [2.05, 4.69) is 10.3 Å². The minimum absolute atomic E-state index is 0.193. The normalized spacial score (nSPS) is 12.6. The van der Waals surface area contributed by atoms with Crippen LogP contribution in [0.15, 0.2) is 41.1 Å². The van der Waals surface area contributed by atoms with Crippen molar-refractivity contribution in [2.45, 2.75) is 6.42 Å². The summed E-state index contributed by atoms with van der Waals surface area (Å²) in [5.41, 5.74) is 1.60. The van der Waals surface area contributed by atoms with Crippen LogP contribution in [0.2, 0.25) is 0 Å². The van der Waals surface area contributed by atoms with E-state index in [1.807, 2.05) is 22.9 Å². The van der Waals surface area contributed by atoms with Crippen LogP contribution in [-0.2, 0) is 16.0 Å². The fourth-order valence-electron chi connectivity index (χ4n) is 2.40. The van der Waals surface area contributed by atoms with Gasteiger partial charge < -0.3 is 9.47 Å². The summed E-state index contributed by atoms with van der Waals surface area (Å²) in [5.74, 6) is 0.139. The quantitative estimate of drug-likeness (QED) is 0.549. The Hall–Kier alpha value is -2.71. The number of carbonyl (C=O) groups is 2. The van der Waals surface area contributed by atoms with Crippen LogP contribution in [0.4, 0.5) is 5.13 Å². The molecule has 3 aromatic rings. The summed E-state index contributed by atoms with van der Waals surface area (Å²) in [6.07, 6.45) is 0.226. The van der Waals surface area contributed by atoms with Gasteiger partial charge in [-0.25, -0.2) is 4.98 Å². The van der Waals surface area contributed by atoms with Gasteiger partial charge in [0.25, 0.3) is 5.91 Å². The summed E-state index contributed by atoms with van der Waals surface area (Å²) >= 11 is 2.95. The van der Waals surface area contributed by atoms with E-state index in [0.29, 0.717) is 16.6 Å². The largest absolute Gasteiger partial charge is 0.480 e. The lowest BCUT2D eigenvalue weighted by Gasteiger charge is -2.08. The molecule has 0 fully saturated rings. The Kier molecular flexibility index (Phi) is 4.21. The Morgan fingerprint density at radius 1 is 1.28 bits per heavy atom. The smallest absolute Gasteiger partial charge is 0.315 e. The fourth-order valence-corrected chi connectivity index (χ4v) is 3.89. The molecule has 0 spiro atoms. The zero-order valence-electron chi connectivity index (χ0n) is 12.9. The number of rotatable bonds is 5. The second-order valence-electron chi connectivity index (χ2n) is 5.25. The number of esters is 1. The Balaban J connectivity index is 1.38. The van der Waals surface area contributed by atoms with Gasteiger partial charge in [0.1, 0.15) is 0 Å². The average Bonchev–Trinajstić information content (AvgIpc) is 3.32. The number of thiophene rings is 1. The molecule has 1 aromatic carbocycles. The number of hydrogen-bond acceptors (Lipinski definition) is 7. The number of thiazole rings is 1. The Labute approximate surface area is 151 Å². The number of fused-ring (bicyclic) bond motifs is 1. The number of nitrogens with one attached hydrogen (secondary N) is 1. The van der Waals surface area contributed by atoms with E-state index in [1.54, 1.807) is 29.5 Å². The summed E-state index contributed by atoms with van der Waals surface area (Å²) in [5, 5.41) is 7.10. The topological polar surface area (TPSA) is 77.5 Å². The minimum atomic E-state index is -0.325. The van der Waals surface area contributed by atoms with E-state index in [4.69, 9.17) is 9.47 Å². The standard InChI is InChI=1S/C17H12N2O4S2/c20-14(19-17-18-11(9-25-17)13-5-2-6-24-13)8-22-12-4-1-3-10-7-15(21)23-16(10)12/h1-6,9H,7-8H2,(H,18,19,20). The molecule has 0 radical (unpaired) electrons.